The molecular weight excluding hydrogens is 274 g/mol. The normalized spacial score (nSPS) is 15.3. The van der Waals surface area contributed by atoms with E-state index in [1.54, 1.807) is 18.2 Å². The van der Waals surface area contributed by atoms with Crippen molar-refractivity contribution in [2.24, 2.45) is 5.41 Å². The van der Waals surface area contributed by atoms with Crippen LogP contribution in [0.3, 0.4) is 0 Å². The number of benzene rings is 1. The summed E-state index contributed by atoms with van der Waals surface area (Å²) in [6.07, 6.45) is 2.12. The van der Waals surface area contributed by atoms with Crippen LogP contribution in [0.15, 0.2) is 24.3 Å². The molecule has 0 heterocycles. The Hall–Kier alpha value is -2.15. The third-order valence-corrected chi connectivity index (χ3v) is 3.72. The van der Waals surface area contributed by atoms with Crippen LogP contribution in [0.25, 0.3) is 0 Å². The monoisotopic (exact) mass is 293 g/mol. The Morgan fingerprint density at radius 3 is 2.71 bits per heavy atom. The Labute approximate surface area is 122 Å². The number of hydrogen-bond donors (Lipinski definition) is 3. The Kier molecular flexibility index (Phi) is 4.74. The molecular formula is C14H19N3O4. The number of anilines is 1. The quantitative estimate of drug-likeness (QED) is 0.495. The van der Waals surface area contributed by atoms with E-state index in [4.69, 9.17) is 5.11 Å². The van der Waals surface area contributed by atoms with Crippen molar-refractivity contribution in [3.05, 3.63) is 34.4 Å². The lowest BCUT2D eigenvalue weighted by Gasteiger charge is -2.13. The lowest BCUT2D eigenvalue weighted by molar-refractivity contribution is -0.384. The van der Waals surface area contributed by atoms with Crippen LogP contribution < -0.4 is 10.6 Å². The number of aliphatic hydroxyl groups excluding tert-OH is 1. The van der Waals surface area contributed by atoms with E-state index in [-0.39, 0.29) is 30.0 Å². The average molecular weight is 293 g/mol. The fraction of sp³-hybridized carbons (Fsp3) is 0.500. The number of carbonyl (C=O) groups is 1. The average Bonchev–Trinajstić information content (AvgIpc) is 3.26. The van der Waals surface area contributed by atoms with Gasteiger partial charge in [0.2, 0.25) is 5.91 Å². The zero-order valence-corrected chi connectivity index (χ0v) is 11.7. The Balaban J connectivity index is 1.74. The number of rotatable bonds is 8. The maximum atomic E-state index is 11.7. The van der Waals surface area contributed by atoms with Crippen LogP contribution in [0.2, 0.25) is 0 Å². The molecule has 1 fully saturated rings. The van der Waals surface area contributed by atoms with Crippen molar-refractivity contribution < 1.29 is 14.8 Å². The van der Waals surface area contributed by atoms with Crippen molar-refractivity contribution in [1.82, 2.24) is 5.32 Å². The number of amides is 1. The van der Waals surface area contributed by atoms with Crippen LogP contribution in [0, 0.1) is 15.5 Å². The molecule has 7 nitrogen and oxygen atoms in total. The lowest BCUT2D eigenvalue weighted by atomic mass is 10.1. The molecule has 3 N–H and O–H groups in total. The molecule has 7 heteroatoms. The van der Waals surface area contributed by atoms with Gasteiger partial charge in [-0.05, 0) is 18.9 Å². The van der Waals surface area contributed by atoms with Crippen LogP contribution in [0.1, 0.15) is 19.3 Å². The summed E-state index contributed by atoms with van der Waals surface area (Å²) in [5.74, 6) is -0.124. The SMILES string of the molecule is O=C(CCNc1ccccc1[N+](=O)[O-])NCC1(CO)CC1. The predicted molar refractivity (Wildman–Crippen MR) is 78.0 cm³/mol. The van der Waals surface area contributed by atoms with E-state index >= 15 is 0 Å². The maximum absolute atomic E-state index is 11.7. The number of hydrogen-bond acceptors (Lipinski definition) is 5. The summed E-state index contributed by atoms with van der Waals surface area (Å²) < 4.78 is 0. The van der Waals surface area contributed by atoms with E-state index in [1.165, 1.54) is 6.07 Å². The molecule has 21 heavy (non-hydrogen) atoms. The molecule has 0 radical (unpaired) electrons. The maximum Gasteiger partial charge on any atom is 0.292 e. The van der Waals surface area contributed by atoms with Gasteiger partial charge in [0.05, 0.1) is 11.5 Å². The minimum absolute atomic E-state index is 0.00452. The molecule has 1 aromatic rings. The summed E-state index contributed by atoms with van der Waals surface area (Å²) in [5.41, 5.74) is 0.292. The number of nitro groups is 1. The van der Waals surface area contributed by atoms with Gasteiger partial charge in [-0.15, -0.1) is 0 Å². The summed E-state index contributed by atoms with van der Waals surface area (Å²) in [4.78, 5) is 22.1. The lowest BCUT2D eigenvalue weighted by Crippen LogP contribution is -2.32. The largest absolute Gasteiger partial charge is 0.396 e. The van der Waals surface area contributed by atoms with E-state index in [2.05, 4.69) is 10.6 Å². The molecule has 0 spiro atoms. The summed E-state index contributed by atoms with van der Waals surface area (Å²) in [5, 5.41) is 25.7. The second-order valence-corrected chi connectivity index (χ2v) is 5.39. The zero-order valence-electron chi connectivity index (χ0n) is 11.7. The molecule has 1 amide bonds. The highest BCUT2D eigenvalue weighted by molar-refractivity contribution is 5.76. The third-order valence-electron chi connectivity index (χ3n) is 3.72. The fourth-order valence-electron chi connectivity index (χ4n) is 2.04. The molecule has 0 atom stereocenters. The van der Waals surface area contributed by atoms with Gasteiger partial charge >= 0.3 is 0 Å². The van der Waals surface area contributed by atoms with E-state index in [0.717, 1.165) is 12.8 Å². The van der Waals surface area contributed by atoms with E-state index < -0.39 is 4.92 Å². The van der Waals surface area contributed by atoms with E-state index in [0.29, 0.717) is 18.8 Å². The predicted octanol–water partition coefficient (Wildman–Crippen LogP) is 1.29. The van der Waals surface area contributed by atoms with Gasteiger partial charge in [-0.1, -0.05) is 12.1 Å². The smallest absolute Gasteiger partial charge is 0.292 e. The van der Waals surface area contributed by atoms with Crippen molar-refractivity contribution in [3.8, 4) is 0 Å². The molecule has 2 rings (SSSR count). The van der Waals surface area contributed by atoms with Gasteiger partial charge in [0, 0.05) is 31.0 Å². The van der Waals surface area contributed by atoms with Crippen molar-refractivity contribution in [3.63, 3.8) is 0 Å². The van der Waals surface area contributed by atoms with E-state index in [9.17, 15) is 14.9 Å². The standard InChI is InChI=1S/C14H19N3O4/c18-10-14(6-7-14)9-16-13(19)5-8-15-11-3-1-2-4-12(11)17(20)21/h1-4,15,18H,5-10H2,(H,16,19). The van der Waals surface area contributed by atoms with Gasteiger partial charge in [0.1, 0.15) is 5.69 Å². The number of carbonyl (C=O) groups excluding carboxylic acids is 1. The molecule has 1 aliphatic rings. The molecule has 0 bridgehead atoms. The molecule has 1 aliphatic carbocycles. The van der Waals surface area contributed by atoms with Crippen LogP contribution >= 0.6 is 0 Å². The Morgan fingerprint density at radius 1 is 1.38 bits per heavy atom. The van der Waals surface area contributed by atoms with Gasteiger partial charge in [-0.25, -0.2) is 0 Å². The molecule has 0 aromatic heterocycles. The second-order valence-electron chi connectivity index (χ2n) is 5.39. The second kappa shape index (κ2) is 6.53. The topological polar surface area (TPSA) is 104 Å². The molecule has 1 aromatic carbocycles. The Bertz CT molecular complexity index is 529. The van der Waals surface area contributed by atoms with Crippen molar-refractivity contribution >= 4 is 17.3 Å². The number of nitrogens with zero attached hydrogens (tertiary/aromatic N) is 1. The Morgan fingerprint density at radius 2 is 2.10 bits per heavy atom. The summed E-state index contributed by atoms with van der Waals surface area (Å²) in [7, 11) is 0. The van der Waals surface area contributed by atoms with Crippen molar-refractivity contribution in [2.75, 3.05) is 25.0 Å². The molecule has 0 unspecified atom stereocenters. The van der Waals surface area contributed by atoms with Crippen LogP contribution in [-0.2, 0) is 4.79 Å². The first-order valence-corrected chi connectivity index (χ1v) is 6.91. The van der Waals surface area contributed by atoms with Crippen LogP contribution in [-0.4, -0.2) is 35.6 Å². The third kappa shape index (κ3) is 4.16. The number of nitrogens with one attached hydrogen (secondary N) is 2. The summed E-state index contributed by atoms with van der Waals surface area (Å²) in [6.45, 7) is 0.915. The first-order valence-electron chi connectivity index (χ1n) is 6.91. The zero-order chi connectivity index (χ0) is 15.3. The number of para-hydroxylation sites is 2. The summed E-state index contributed by atoms with van der Waals surface area (Å²) >= 11 is 0. The van der Waals surface area contributed by atoms with Gasteiger partial charge in [0.25, 0.3) is 5.69 Å². The van der Waals surface area contributed by atoms with Gasteiger partial charge in [-0.3, -0.25) is 14.9 Å². The highest BCUT2D eigenvalue weighted by Crippen LogP contribution is 2.44. The minimum Gasteiger partial charge on any atom is -0.396 e. The van der Waals surface area contributed by atoms with Crippen molar-refractivity contribution in [2.45, 2.75) is 19.3 Å². The van der Waals surface area contributed by atoms with Crippen LogP contribution in [0.5, 0.6) is 0 Å². The van der Waals surface area contributed by atoms with Gasteiger partial charge in [-0.2, -0.15) is 0 Å². The van der Waals surface area contributed by atoms with Crippen LogP contribution in [0.4, 0.5) is 11.4 Å². The molecule has 114 valence electrons. The van der Waals surface area contributed by atoms with E-state index in [1.807, 2.05) is 0 Å². The summed E-state index contributed by atoms with van der Waals surface area (Å²) in [6, 6.07) is 6.33. The molecule has 0 aliphatic heterocycles. The first kappa shape index (κ1) is 15.2. The highest BCUT2D eigenvalue weighted by Gasteiger charge is 2.41. The molecule has 0 saturated heterocycles. The van der Waals surface area contributed by atoms with Gasteiger partial charge in [0.15, 0.2) is 0 Å². The highest BCUT2D eigenvalue weighted by atomic mass is 16.6. The fourth-order valence-corrected chi connectivity index (χ4v) is 2.04. The van der Waals surface area contributed by atoms with Gasteiger partial charge < -0.3 is 15.7 Å². The number of nitro benzene ring substituents is 1. The number of aliphatic hydroxyl groups is 1. The first-order chi connectivity index (χ1) is 10.1. The molecule has 1 saturated carbocycles. The minimum atomic E-state index is -0.458. The van der Waals surface area contributed by atoms with Crippen molar-refractivity contribution in [1.29, 1.82) is 0 Å².